The molecule has 230 valence electrons. The molecular weight excluding hydrogens is 568 g/mol. The largest absolute Gasteiger partial charge is 0.446 e. The molecule has 0 spiro atoms. The lowest BCUT2D eigenvalue weighted by Crippen LogP contribution is -2.32. The Morgan fingerprint density at radius 2 is 1.75 bits per heavy atom. The highest BCUT2D eigenvalue weighted by Gasteiger charge is 2.35. The van der Waals surface area contributed by atoms with Crippen LogP contribution in [0.25, 0.3) is 11.5 Å². The Morgan fingerprint density at radius 1 is 1.00 bits per heavy atom. The Labute approximate surface area is 254 Å². The Bertz CT molecular complexity index is 1610. The van der Waals surface area contributed by atoms with Gasteiger partial charge in [0.1, 0.15) is 30.2 Å². The molecule has 8 nitrogen and oxygen atoms in total. The van der Waals surface area contributed by atoms with E-state index >= 15 is 0 Å². The summed E-state index contributed by atoms with van der Waals surface area (Å²) in [5.74, 6) is -1.82. The van der Waals surface area contributed by atoms with Crippen molar-refractivity contribution in [2.24, 2.45) is 11.8 Å². The van der Waals surface area contributed by atoms with Crippen molar-refractivity contribution in [1.29, 1.82) is 0 Å². The van der Waals surface area contributed by atoms with E-state index in [0.29, 0.717) is 35.5 Å². The van der Waals surface area contributed by atoms with Gasteiger partial charge >= 0.3 is 0 Å². The molecule has 2 aromatic heterocycles. The van der Waals surface area contributed by atoms with Gasteiger partial charge in [0.15, 0.2) is 5.78 Å². The van der Waals surface area contributed by atoms with Crippen molar-refractivity contribution in [3.63, 3.8) is 0 Å². The normalized spacial score (nSPS) is 18.5. The van der Waals surface area contributed by atoms with Gasteiger partial charge in [-0.1, -0.05) is 12.8 Å². The highest BCUT2D eigenvalue weighted by atomic mass is 19.1. The lowest BCUT2D eigenvalue weighted by Gasteiger charge is -2.27. The van der Waals surface area contributed by atoms with Gasteiger partial charge in [-0.25, -0.2) is 18.7 Å². The summed E-state index contributed by atoms with van der Waals surface area (Å²) in [4.78, 5) is 38.2. The second kappa shape index (κ2) is 12.8. The summed E-state index contributed by atoms with van der Waals surface area (Å²) in [6.07, 6.45) is 8.85. The maximum absolute atomic E-state index is 14.0. The van der Waals surface area contributed by atoms with Crippen molar-refractivity contribution >= 4 is 11.7 Å². The van der Waals surface area contributed by atoms with Crippen molar-refractivity contribution in [3.05, 3.63) is 95.0 Å². The zero-order chi connectivity index (χ0) is 30.8. The van der Waals surface area contributed by atoms with Gasteiger partial charge in [-0.05, 0) is 86.8 Å². The van der Waals surface area contributed by atoms with Gasteiger partial charge in [-0.3, -0.25) is 9.59 Å². The van der Waals surface area contributed by atoms with Gasteiger partial charge in [0.05, 0.1) is 18.0 Å². The van der Waals surface area contributed by atoms with E-state index in [1.165, 1.54) is 24.6 Å². The predicted molar refractivity (Wildman–Crippen MR) is 157 cm³/mol. The van der Waals surface area contributed by atoms with Gasteiger partial charge in [-0.15, -0.1) is 0 Å². The number of aromatic nitrogens is 2. The lowest BCUT2D eigenvalue weighted by molar-refractivity contribution is 0.0456. The SMILES string of the molecule is Cc1coc([C@H]2CCCN2C(=O)c2cc(C(=O)C[C@@H](Cc3cc(F)cc(F)c3)[C@H](O)C3CCCC3)cc(-c3ncco3)c2)n1. The zero-order valence-corrected chi connectivity index (χ0v) is 24.5. The van der Waals surface area contributed by atoms with Crippen LogP contribution in [-0.4, -0.2) is 44.3 Å². The molecule has 0 unspecified atom stereocenters. The van der Waals surface area contributed by atoms with E-state index in [9.17, 15) is 23.5 Å². The van der Waals surface area contributed by atoms with E-state index in [1.54, 1.807) is 29.4 Å². The van der Waals surface area contributed by atoms with Crippen molar-refractivity contribution < 1.29 is 32.3 Å². The van der Waals surface area contributed by atoms with Gasteiger partial charge in [0.25, 0.3) is 5.91 Å². The molecule has 44 heavy (non-hydrogen) atoms. The lowest BCUT2D eigenvalue weighted by atomic mass is 9.81. The highest BCUT2D eigenvalue weighted by Crippen LogP contribution is 2.36. The number of carbonyl (C=O) groups excluding carboxylic acids is 2. The Kier molecular flexibility index (Phi) is 8.70. The fourth-order valence-electron chi connectivity index (χ4n) is 6.74. The number of nitrogens with zero attached hydrogens (tertiary/aromatic N) is 3. The first-order valence-corrected chi connectivity index (χ1v) is 15.2. The van der Waals surface area contributed by atoms with E-state index in [2.05, 4.69) is 9.97 Å². The van der Waals surface area contributed by atoms with E-state index in [4.69, 9.17) is 8.83 Å². The molecule has 1 saturated carbocycles. The minimum Gasteiger partial charge on any atom is -0.446 e. The van der Waals surface area contributed by atoms with Crippen LogP contribution in [0.2, 0.25) is 0 Å². The summed E-state index contributed by atoms with van der Waals surface area (Å²) < 4.78 is 39.2. The maximum atomic E-state index is 14.0. The molecule has 1 N–H and O–H groups in total. The van der Waals surface area contributed by atoms with Gasteiger partial charge in [-0.2, -0.15) is 0 Å². The van der Waals surface area contributed by atoms with Crippen LogP contribution in [-0.2, 0) is 6.42 Å². The Balaban J connectivity index is 1.31. The first kappa shape index (κ1) is 29.9. The summed E-state index contributed by atoms with van der Waals surface area (Å²) in [6, 6.07) is 7.81. The first-order valence-electron chi connectivity index (χ1n) is 15.2. The number of ketones is 1. The molecule has 6 rings (SSSR count). The van der Waals surface area contributed by atoms with E-state index < -0.39 is 23.7 Å². The number of aliphatic hydroxyl groups excluding tert-OH is 1. The highest BCUT2D eigenvalue weighted by molar-refractivity contribution is 6.02. The third-order valence-electron chi connectivity index (χ3n) is 8.85. The number of benzene rings is 2. The summed E-state index contributed by atoms with van der Waals surface area (Å²) in [7, 11) is 0. The van der Waals surface area contributed by atoms with Crippen LogP contribution in [0.3, 0.4) is 0 Å². The number of aliphatic hydroxyl groups is 1. The number of halogens is 2. The fourth-order valence-corrected chi connectivity index (χ4v) is 6.74. The molecule has 1 aliphatic carbocycles. The molecule has 1 saturated heterocycles. The molecule has 0 bridgehead atoms. The number of carbonyl (C=O) groups is 2. The molecule has 3 atom stereocenters. The number of oxazole rings is 2. The molecule has 0 radical (unpaired) electrons. The van der Waals surface area contributed by atoms with Crippen molar-refractivity contribution in [2.45, 2.75) is 70.4 Å². The Hall–Kier alpha value is -4.18. The van der Waals surface area contributed by atoms with Crippen LogP contribution >= 0.6 is 0 Å². The van der Waals surface area contributed by atoms with Crippen LogP contribution in [0.1, 0.15) is 88.9 Å². The number of hydrogen-bond acceptors (Lipinski definition) is 7. The number of Topliss-reactive ketones (excluding diaryl/α,β-unsaturated/α-hetero) is 1. The first-order chi connectivity index (χ1) is 21.2. The molecule has 1 amide bonds. The van der Waals surface area contributed by atoms with E-state index in [-0.39, 0.29) is 47.9 Å². The smallest absolute Gasteiger partial charge is 0.254 e. The molecule has 1 aliphatic heterocycles. The van der Waals surface area contributed by atoms with Crippen molar-refractivity contribution in [3.8, 4) is 11.5 Å². The molecule has 10 heteroatoms. The zero-order valence-electron chi connectivity index (χ0n) is 24.5. The van der Waals surface area contributed by atoms with Gasteiger partial charge < -0.3 is 18.8 Å². The number of likely N-dealkylation sites (tertiary alicyclic amines) is 1. The van der Waals surface area contributed by atoms with Gasteiger partial charge in [0.2, 0.25) is 11.8 Å². The maximum Gasteiger partial charge on any atom is 0.254 e. The molecule has 2 aromatic carbocycles. The van der Waals surface area contributed by atoms with E-state index in [1.807, 2.05) is 6.92 Å². The molecular formula is C34H35F2N3O5. The fraction of sp³-hybridized carbons (Fsp3) is 0.412. The van der Waals surface area contributed by atoms with E-state index in [0.717, 1.165) is 43.9 Å². The average molecular weight is 604 g/mol. The van der Waals surface area contributed by atoms with Crippen molar-refractivity contribution in [2.75, 3.05) is 6.54 Å². The molecule has 4 aromatic rings. The number of aryl methyl sites for hydroxylation is 1. The van der Waals surface area contributed by atoms with Crippen molar-refractivity contribution in [1.82, 2.24) is 14.9 Å². The second-order valence-corrected chi connectivity index (χ2v) is 12.0. The summed E-state index contributed by atoms with van der Waals surface area (Å²) in [6.45, 7) is 2.34. The van der Waals surface area contributed by atoms with Crippen LogP contribution in [0.15, 0.2) is 64.0 Å². The monoisotopic (exact) mass is 603 g/mol. The molecule has 3 heterocycles. The third-order valence-corrected chi connectivity index (χ3v) is 8.85. The predicted octanol–water partition coefficient (Wildman–Crippen LogP) is 6.88. The van der Waals surface area contributed by atoms with Crippen LogP contribution in [0.5, 0.6) is 0 Å². The van der Waals surface area contributed by atoms with Crippen LogP contribution in [0, 0.1) is 30.4 Å². The topological polar surface area (TPSA) is 110 Å². The Morgan fingerprint density at radius 3 is 2.43 bits per heavy atom. The summed E-state index contributed by atoms with van der Waals surface area (Å²) in [5.41, 5.74) is 2.13. The number of amides is 1. The number of hydrogen-bond donors (Lipinski definition) is 1. The number of rotatable bonds is 10. The average Bonchev–Trinajstić information content (AvgIpc) is 3.83. The standard InChI is InChI=1S/C34H35F2N3O5/c1-20-19-44-33(38-20)29-7-4-9-39(29)34(42)26-15-23(14-25(16-26)32-37-8-10-43-32)30(40)17-24(31(41)22-5-2-3-6-22)11-21-12-27(35)18-28(36)13-21/h8,10,12-16,18-19,22,24,29,31,41H,2-7,9,11,17H2,1H3/t24-,29-,31-/m1/s1. The summed E-state index contributed by atoms with van der Waals surface area (Å²) >= 11 is 0. The van der Waals surface area contributed by atoms with Crippen LogP contribution in [0.4, 0.5) is 8.78 Å². The molecule has 2 aliphatic rings. The summed E-state index contributed by atoms with van der Waals surface area (Å²) in [5, 5.41) is 11.4. The second-order valence-electron chi connectivity index (χ2n) is 12.0. The minimum absolute atomic E-state index is 0.00736. The van der Waals surface area contributed by atoms with Gasteiger partial charge in [0, 0.05) is 35.7 Å². The third kappa shape index (κ3) is 6.50. The van der Waals surface area contributed by atoms with Crippen LogP contribution < -0.4 is 0 Å². The quantitative estimate of drug-likeness (QED) is 0.197. The molecule has 2 fully saturated rings. The minimum atomic E-state index is -0.821.